The van der Waals surface area contributed by atoms with Crippen LogP contribution in [-0.2, 0) is 6.42 Å². The van der Waals surface area contributed by atoms with Crippen molar-refractivity contribution in [3.63, 3.8) is 0 Å². The quantitative estimate of drug-likeness (QED) is 0.372. The first-order chi connectivity index (χ1) is 14.0. The van der Waals surface area contributed by atoms with Gasteiger partial charge in [0.1, 0.15) is 4.83 Å². The number of non-ortho nitro benzene ring substituents is 1. The van der Waals surface area contributed by atoms with Crippen molar-refractivity contribution < 1.29 is 9.72 Å². The maximum Gasteiger partial charge on any atom is 0.269 e. The molecular formula is C21H16N4O3S. The molecule has 0 saturated heterocycles. The van der Waals surface area contributed by atoms with Gasteiger partial charge in [0.15, 0.2) is 0 Å². The van der Waals surface area contributed by atoms with E-state index in [4.69, 9.17) is 0 Å². The number of nitro benzene ring substituents is 1. The third-order valence-electron chi connectivity index (χ3n) is 5.17. The molecule has 2 aromatic carbocycles. The zero-order chi connectivity index (χ0) is 20.1. The minimum absolute atomic E-state index is 0.0542. The van der Waals surface area contributed by atoms with Gasteiger partial charge in [-0.25, -0.2) is 4.68 Å². The Morgan fingerprint density at radius 1 is 1.17 bits per heavy atom. The number of nitro groups is 1. The number of amides is 1. The summed E-state index contributed by atoms with van der Waals surface area (Å²) in [6.07, 6.45) is 0.616. The summed E-state index contributed by atoms with van der Waals surface area (Å²) in [5.41, 5.74) is 3.46. The normalized spacial score (nSPS) is 13.1. The van der Waals surface area contributed by atoms with Crippen LogP contribution in [0.1, 0.15) is 20.9 Å². The van der Waals surface area contributed by atoms with Gasteiger partial charge in [-0.3, -0.25) is 14.9 Å². The molecule has 144 valence electrons. The number of carbonyl (C=O) groups excluding carboxylic acids is 1. The number of rotatable bonds is 3. The highest BCUT2D eigenvalue weighted by Gasteiger charge is 2.29. The number of hydrogen-bond donors (Lipinski definition) is 0. The highest BCUT2D eigenvalue weighted by Crippen LogP contribution is 2.35. The molecule has 0 atom stereocenters. The fourth-order valence-corrected chi connectivity index (χ4v) is 4.87. The smallest absolute Gasteiger partial charge is 0.269 e. The minimum atomic E-state index is -0.408. The first-order valence-corrected chi connectivity index (χ1v) is 9.98. The summed E-state index contributed by atoms with van der Waals surface area (Å²) in [6, 6.07) is 16.4. The van der Waals surface area contributed by atoms with Gasteiger partial charge in [0.25, 0.3) is 11.6 Å². The monoisotopic (exact) mass is 404 g/mol. The second-order valence-corrected chi connectivity index (χ2v) is 7.97. The van der Waals surface area contributed by atoms with Crippen LogP contribution in [0.4, 0.5) is 11.4 Å². The van der Waals surface area contributed by atoms with Crippen molar-refractivity contribution in [1.82, 2.24) is 9.78 Å². The Labute approximate surface area is 170 Å². The predicted octanol–water partition coefficient (Wildman–Crippen LogP) is 4.51. The number of para-hydroxylation sites is 1. The molecule has 0 N–H and O–H groups in total. The standard InChI is InChI=1S/C21H16N4O3S/c1-13-17-12-19(29-21(17)24(22-13)15-5-3-2-4-6-15)20(26)23-10-9-14-11-16(25(27)28)7-8-18(14)23/h2-8,11-12H,9-10H2,1H3. The van der Waals surface area contributed by atoms with Crippen LogP contribution < -0.4 is 4.90 Å². The fraction of sp³-hybridized carbons (Fsp3) is 0.143. The molecule has 0 fully saturated rings. The van der Waals surface area contributed by atoms with E-state index in [1.54, 1.807) is 17.0 Å². The van der Waals surface area contributed by atoms with Gasteiger partial charge in [0.2, 0.25) is 0 Å². The summed E-state index contributed by atoms with van der Waals surface area (Å²) in [5, 5.41) is 16.6. The highest BCUT2D eigenvalue weighted by molar-refractivity contribution is 7.20. The summed E-state index contributed by atoms with van der Waals surface area (Å²) in [6.45, 7) is 2.46. The molecule has 0 radical (unpaired) electrons. The Balaban J connectivity index is 1.53. The van der Waals surface area contributed by atoms with E-state index in [9.17, 15) is 14.9 Å². The molecule has 0 unspecified atom stereocenters. The van der Waals surface area contributed by atoms with Gasteiger partial charge in [-0.15, -0.1) is 11.3 Å². The molecule has 0 aliphatic carbocycles. The Hall–Kier alpha value is -3.52. The van der Waals surface area contributed by atoms with Crippen molar-refractivity contribution in [2.45, 2.75) is 13.3 Å². The zero-order valence-corrected chi connectivity index (χ0v) is 16.3. The summed E-state index contributed by atoms with van der Waals surface area (Å²) >= 11 is 1.42. The van der Waals surface area contributed by atoms with Gasteiger partial charge in [0.05, 0.1) is 21.2 Å². The number of hydrogen-bond acceptors (Lipinski definition) is 5. The van der Waals surface area contributed by atoms with E-state index in [0.717, 1.165) is 32.8 Å². The van der Waals surface area contributed by atoms with E-state index < -0.39 is 4.92 Å². The third-order valence-corrected chi connectivity index (χ3v) is 6.27. The maximum atomic E-state index is 13.2. The number of benzene rings is 2. The van der Waals surface area contributed by atoms with Gasteiger partial charge in [0, 0.05) is 29.8 Å². The number of anilines is 1. The molecule has 0 bridgehead atoms. The zero-order valence-electron chi connectivity index (χ0n) is 15.5. The van der Waals surface area contributed by atoms with E-state index in [2.05, 4.69) is 5.10 Å². The largest absolute Gasteiger partial charge is 0.307 e. The molecule has 0 saturated carbocycles. The number of thiophene rings is 1. The molecule has 5 rings (SSSR count). The molecule has 2 aromatic heterocycles. The number of nitrogens with zero attached hydrogens (tertiary/aromatic N) is 4. The van der Waals surface area contributed by atoms with E-state index in [1.807, 2.05) is 48.0 Å². The topological polar surface area (TPSA) is 81.3 Å². The number of carbonyl (C=O) groups is 1. The summed E-state index contributed by atoms with van der Waals surface area (Å²) < 4.78 is 1.87. The van der Waals surface area contributed by atoms with Crippen LogP contribution >= 0.6 is 11.3 Å². The molecular weight excluding hydrogens is 388 g/mol. The lowest BCUT2D eigenvalue weighted by Crippen LogP contribution is -2.28. The molecule has 7 nitrogen and oxygen atoms in total. The van der Waals surface area contributed by atoms with Crippen LogP contribution in [0.3, 0.4) is 0 Å². The molecule has 1 amide bonds. The van der Waals surface area contributed by atoms with Crippen molar-refractivity contribution in [3.8, 4) is 5.69 Å². The average Bonchev–Trinajstić information content (AvgIpc) is 3.42. The lowest BCUT2D eigenvalue weighted by atomic mass is 10.1. The van der Waals surface area contributed by atoms with Crippen LogP contribution in [-0.4, -0.2) is 27.2 Å². The van der Waals surface area contributed by atoms with Crippen molar-refractivity contribution in [2.24, 2.45) is 0 Å². The van der Waals surface area contributed by atoms with Gasteiger partial charge in [-0.05, 0) is 43.2 Å². The van der Waals surface area contributed by atoms with Gasteiger partial charge < -0.3 is 4.90 Å². The van der Waals surface area contributed by atoms with E-state index in [-0.39, 0.29) is 11.6 Å². The number of fused-ring (bicyclic) bond motifs is 2. The highest BCUT2D eigenvalue weighted by atomic mass is 32.1. The summed E-state index contributed by atoms with van der Waals surface area (Å²) in [5.74, 6) is -0.0854. The number of aromatic nitrogens is 2. The first-order valence-electron chi connectivity index (χ1n) is 9.17. The Morgan fingerprint density at radius 2 is 1.97 bits per heavy atom. The van der Waals surface area contributed by atoms with Gasteiger partial charge in [-0.2, -0.15) is 5.10 Å². The van der Waals surface area contributed by atoms with Gasteiger partial charge >= 0.3 is 0 Å². The Kier molecular flexibility index (Phi) is 3.95. The van der Waals surface area contributed by atoms with E-state index in [1.165, 1.54) is 17.4 Å². The Morgan fingerprint density at radius 3 is 2.72 bits per heavy atom. The van der Waals surface area contributed by atoms with E-state index in [0.29, 0.717) is 17.8 Å². The fourth-order valence-electron chi connectivity index (χ4n) is 3.74. The van der Waals surface area contributed by atoms with Crippen molar-refractivity contribution in [2.75, 3.05) is 11.4 Å². The second kappa shape index (κ2) is 6.52. The molecule has 8 heteroatoms. The maximum absolute atomic E-state index is 13.2. The summed E-state index contributed by atoms with van der Waals surface area (Å²) in [7, 11) is 0. The van der Waals surface area contributed by atoms with Crippen molar-refractivity contribution in [3.05, 3.63) is 80.8 Å². The predicted molar refractivity (Wildman–Crippen MR) is 112 cm³/mol. The summed E-state index contributed by atoms with van der Waals surface area (Å²) in [4.78, 5) is 27.1. The first kappa shape index (κ1) is 17.6. The lowest BCUT2D eigenvalue weighted by molar-refractivity contribution is -0.384. The van der Waals surface area contributed by atoms with Crippen LogP contribution in [0.15, 0.2) is 54.6 Å². The lowest BCUT2D eigenvalue weighted by Gasteiger charge is -2.16. The third kappa shape index (κ3) is 2.80. The minimum Gasteiger partial charge on any atom is -0.307 e. The van der Waals surface area contributed by atoms with Crippen LogP contribution in [0.5, 0.6) is 0 Å². The molecule has 1 aliphatic rings. The van der Waals surface area contributed by atoms with Gasteiger partial charge in [-0.1, -0.05) is 18.2 Å². The van der Waals surface area contributed by atoms with Crippen LogP contribution in [0, 0.1) is 17.0 Å². The van der Waals surface area contributed by atoms with Crippen molar-refractivity contribution in [1.29, 1.82) is 0 Å². The number of aryl methyl sites for hydroxylation is 1. The average molecular weight is 404 g/mol. The van der Waals surface area contributed by atoms with Crippen molar-refractivity contribution >= 4 is 38.8 Å². The van der Waals surface area contributed by atoms with Crippen LogP contribution in [0.25, 0.3) is 15.9 Å². The second-order valence-electron chi connectivity index (χ2n) is 6.94. The molecule has 29 heavy (non-hydrogen) atoms. The molecule has 4 aromatic rings. The molecule has 1 aliphatic heterocycles. The SMILES string of the molecule is Cc1nn(-c2ccccc2)c2sc(C(=O)N3CCc4cc([N+](=O)[O-])ccc43)cc12. The van der Waals surface area contributed by atoms with Crippen LogP contribution in [0.2, 0.25) is 0 Å². The van der Waals surface area contributed by atoms with E-state index >= 15 is 0 Å². The molecule has 3 heterocycles. The Bertz CT molecular complexity index is 1280. The molecule has 0 spiro atoms.